The molecule has 2 radical (unpaired) electrons. The minimum absolute atomic E-state index is 0.987. The quantitative estimate of drug-likeness (QED) is 0.561. The van der Waals surface area contributed by atoms with Crippen molar-refractivity contribution in [2.75, 3.05) is 8.84 Å². The number of rotatable bonds is 5. The lowest BCUT2D eigenvalue weighted by Gasteiger charge is -2.25. The standard InChI is InChI=1S/C20H24Cl2N2/c1-13-9-15(3)19(16(4)10-13)23(21)7-8-24(22)20-17(5)11-14(2)12-18(20)6/h7-12H,1-6H3. The number of nitrogens with zero attached hydrogens (tertiary/aromatic N) is 2. The van der Waals surface area contributed by atoms with Crippen LogP contribution in [0.25, 0.3) is 0 Å². The predicted octanol–water partition coefficient (Wildman–Crippen LogP) is 6.48. The van der Waals surface area contributed by atoms with Gasteiger partial charge >= 0.3 is 0 Å². The van der Waals surface area contributed by atoms with Crippen molar-refractivity contribution in [2.24, 2.45) is 0 Å². The Labute approximate surface area is 156 Å². The van der Waals surface area contributed by atoms with Crippen LogP contribution in [0.2, 0.25) is 0 Å². The first kappa shape index (κ1) is 19.0. The van der Waals surface area contributed by atoms with Crippen LogP contribution >= 0.6 is 23.6 Å². The van der Waals surface area contributed by atoms with Crippen molar-refractivity contribution >= 4 is 34.9 Å². The van der Waals surface area contributed by atoms with Crippen molar-refractivity contribution in [3.05, 3.63) is 70.7 Å². The van der Waals surface area contributed by atoms with Crippen LogP contribution < -0.4 is 8.84 Å². The first-order chi connectivity index (χ1) is 11.2. The Morgan fingerprint density at radius 2 is 0.833 bits per heavy atom. The summed E-state index contributed by atoms with van der Waals surface area (Å²) in [6, 6.07) is 8.49. The van der Waals surface area contributed by atoms with E-state index in [1.165, 1.54) is 11.1 Å². The van der Waals surface area contributed by atoms with Crippen LogP contribution in [0.15, 0.2) is 24.3 Å². The molecule has 0 heterocycles. The van der Waals surface area contributed by atoms with Gasteiger partial charge in [-0.05, 0) is 63.8 Å². The Hall–Kier alpha value is -1.38. The molecular formula is C20H24Cl2N2. The Morgan fingerprint density at radius 3 is 1.08 bits per heavy atom. The van der Waals surface area contributed by atoms with E-state index in [-0.39, 0.29) is 0 Å². The molecule has 4 heteroatoms. The summed E-state index contributed by atoms with van der Waals surface area (Å²) in [5.41, 5.74) is 8.97. The van der Waals surface area contributed by atoms with Crippen LogP contribution in [0, 0.1) is 54.6 Å². The maximum Gasteiger partial charge on any atom is 0.0938 e. The second kappa shape index (κ2) is 7.67. The van der Waals surface area contributed by atoms with E-state index < -0.39 is 0 Å². The maximum absolute atomic E-state index is 6.47. The van der Waals surface area contributed by atoms with Gasteiger partial charge in [0.25, 0.3) is 0 Å². The first-order valence-electron chi connectivity index (χ1n) is 7.94. The van der Waals surface area contributed by atoms with E-state index in [2.05, 4.69) is 65.8 Å². The molecule has 2 nitrogen and oxygen atoms in total. The zero-order chi connectivity index (χ0) is 18.0. The highest BCUT2D eigenvalue weighted by atomic mass is 35.5. The fourth-order valence-corrected chi connectivity index (χ4v) is 3.92. The molecule has 0 fully saturated rings. The smallest absolute Gasteiger partial charge is 0.0938 e. The van der Waals surface area contributed by atoms with E-state index in [4.69, 9.17) is 23.6 Å². The monoisotopic (exact) mass is 362 g/mol. The molecule has 0 unspecified atom stereocenters. The fourth-order valence-electron chi connectivity index (χ4n) is 3.28. The second-order valence-corrected chi connectivity index (χ2v) is 7.14. The summed E-state index contributed by atoms with van der Waals surface area (Å²) in [7, 11) is 0. The minimum atomic E-state index is 0.987. The fraction of sp³-hybridized carbons (Fsp3) is 0.300. The Balaban J connectivity index is 2.14. The highest BCUT2D eigenvalue weighted by molar-refractivity contribution is 6.28. The lowest BCUT2D eigenvalue weighted by molar-refractivity contribution is 1.14. The van der Waals surface area contributed by atoms with Gasteiger partial charge in [-0.3, -0.25) is 8.84 Å². The Morgan fingerprint density at radius 1 is 0.583 bits per heavy atom. The molecule has 0 N–H and O–H groups in total. The molecule has 0 aliphatic rings. The third-order valence-corrected chi connectivity index (χ3v) is 4.59. The number of aryl methyl sites for hydroxylation is 6. The number of anilines is 2. The van der Waals surface area contributed by atoms with Gasteiger partial charge < -0.3 is 0 Å². The topological polar surface area (TPSA) is 6.48 Å². The lowest BCUT2D eigenvalue weighted by atomic mass is 10.0. The van der Waals surface area contributed by atoms with Crippen LogP contribution in [0.4, 0.5) is 11.4 Å². The summed E-state index contributed by atoms with van der Waals surface area (Å²) in [6.07, 6.45) is 0. The third kappa shape index (κ3) is 4.17. The van der Waals surface area contributed by atoms with Crippen molar-refractivity contribution in [1.29, 1.82) is 0 Å². The van der Waals surface area contributed by atoms with Gasteiger partial charge in [0.15, 0.2) is 0 Å². The SMILES string of the molecule is Cc1cc(C)c(N(Cl)[CH][CH]N(Cl)c2c(C)cc(C)cc2C)c(C)c1. The molecule has 0 amide bonds. The van der Waals surface area contributed by atoms with E-state index in [0.29, 0.717) is 0 Å². The van der Waals surface area contributed by atoms with Crippen molar-refractivity contribution in [1.82, 2.24) is 0 Å². The molecule has 2 rings (SSSR count). The highest BCUT2D eigenvalue weighted by Gasteiger charge is 2.16. The minimum Gasteiger partial charge on any atom is -0.277 e. The van der Waals surface area contributed by atoms with Crippen LogP contribution in [0.5, 0.6) is 0 Å². The zero-order valence-corrected chi connectivity index (χ0v) is 16.6. The summed E-state index contributed by atoms with van der Waals surface area (Å²) in [5.74, 6) is 0. The van der Waals surface area contributed by atoms with Crippen molar-refractivity contribution in [3.63, 3.8) is 0 Å². The number of halogens is 2. The number of hydrogen-bond donors (Lipinski definition) is 0. The van der Waals surface area contributed by atoms with Crippen molar-refractivity contribution in [2.45, 2.75) is 41.5 Å². The van der Waals surface area contributed by atoms with Gasteiger partial charge in [0, 0.05) is 23.6 Å². The first-order valence-corrected chi connectivity index (χ1v) is 8.62. The van der Waals surface area contributed by atoms with E-state index in [9.17, 15) is 0 Å². The molecule has 0 saturated heterocycles. The molecule has 0 saturated carbocycles. The molecule has 0 spiro atoms. The van der Waals surface area contributed by atoms with Crippen LogP contribution in [-0.2, 0) is 0 Å². The lowest BCUT2D eigenvalue weighted by Crippen LogP contribution is -2.17. The summed E-state index contributed by atoms with van der Waals surface area (Å²) >= 11 is 12.9. The van der Waals surface area contributed by atoms with Gasteiger partial charge in [-0.1, -0.05) is 35.4 Å². The van der Waals surface area contributed by atoms with Gasteiger partial charge in [0.05, 0.1) is 24.5 Å². The average molecular weight is 363 g/mol. The van der Waals surface area contributed by atoms with Gasteiger partial charge in [-0.25, -0.2) is 0 Å². The summed E-state index contributed by atoms with van der Waals surface area (Å²) in [6.45, 7) is 16.0. The number of benzene rings is 2. The van der Waals surface area contributed by atoms with E-state index in [1.807, 2.05) is 0 Å². The van der Waals surface area contributed by atoms with Crippen molar-refractivity contribution in [3.8, 4) is 0 Å². The summed E-state index contributed by atoms with van der Waals surface area (Å²) in [5, 5.41) is 0. The predicted molar refractivity (Wildman–Crippen MR) is 107 cm³/mol. The summed E-state index contributed by atoms with van der Waals surface area (Å²) < 4.78 is 3.19. The molecule has 128 valence electrons. The largest absolute Gasteiger partial charge is 0.277 e. The van der Waals surface area contributed by atoms with Gasteiger partial charge in [-0.2, -0.15) is 0 Å². The molecule has 0 bridgehead atoms. The van der Waals surface area contributed by atoms with Gasteiger partial charge in [0.2, 0.25) is 0 Å². The molecule has 0 aliphatic carbocycles. The van der Waals surface area contributed by atoms with E-state index in [0.717, 1.165) is 33.6 Å². The molecular weight excluding hydrogens is 339 g/mol. The van der Waals surface area contributed by atoms with Gasteiger partial charge in [0.1, 0.15) is 0 Å². The number of hydrogen-bond acceptors (Lipinski definition) is 2. The molecule has 2 aromatic rings. The third-order valence-electron chi connectivity index (χ3n) is 4.03. The highest BCUT2D eigenvalue weighted by Crippen LogP contribution is 2.32. The van der Waals surface area contributed by atoms with Crippen LogP contribution in [0.3, 0.4) is 0 Å². The van der Waals surface area contributed by atoms with Crippen LogP contribution in [0.1, 0.15) is 33.4 Å². The Bertz CT molecular complexity index is 631. The van der Waals surface area contributed by atoms with E-state index in [1.54, 1.807) is 21.9 Å². The van der Waals surface area contributed by atoms with E-state index >= 15 is 0 Å². The van der Waals surface area contributed by atoms with Crippen LogP contribution in [-0.4, -0.2) is 0 Å². The van der Waals surface area contributed by atoms with Crippen molar-refractivity contribution < 1.29 is 0 Å². The summed E-state index contributed by atoms with van der Waals surface area (Å²) in [4.78, 5) is 0. The molecule has 0 aliphatic heterocycles. The average Bonchev–Trinajstić information content (AvgIpc) is 2.42. The molecule has 2 aromatic carbocycles. The van der Waals surface area contributed by atoms with Gasteiger partial charge in [-0.15, -0.1) is 0 Å². The normalized spacial score (nSPS) is 10.8. The molecule has 0 atom stereocenters. The molecule has 0 aromatic heterocycles. The second-order valence-electron chi connectivity index (χ2n) is 6.42. The maximum atomic E-state index is 6.47. The Kier molecular flexibility index (Phi) is 6.06. The molecule has 24 heavy (non-hydrogen) atoms. The zero-order valence-electron chi connectivity index (χ0n) is 15.1.